The minimum absolute atomic E-state index is 0.239. The molecule has 1 heterocycles. The zero-order valence-electron chi connectivity index (χ0n) is 14.9. The van der Waals surface area contributed by atoms with Crippen LogP contribution in [0.25, 0.3) is 11.3 Å². The molecule has 7 heteroatoms. The second-order valence-electron chi connectivity index (χ2n) is 6.87. The number of nitrogens with one attached hydrogen (secondary N) is 2. The molecular formula is C18H24N4O3. The van der Waals surface area contributed by atoms with Crippen LogP contribution in [0.5, 0.6) is 0 Å². The van der Waals surface area contributed by atoms with Crippen molar-refractivity contribution in [2.45, 2.75) is 39.3 Å². The third-order valence-corrected chi connectivity index (χ3v) is 3.51. The van der Waals surface area contributed by atoms with Crippen LogP contribution >= 0.6 is 0 Å². The maximum Gasteiger partial charge on any atom is 0.314 e. The maximum atomic E-state index is 12.1. The Bertz CT molecular complexity index is 747. The van der Waals surface area contributed by atoms with Gasteiger partial charge in [-0.05, 0) is 27.7 Å². The highest BCUT2D eigenvalue weighted by atomic mass is 16.3. The molecule has 0 aliphatic heterocycles. The number of nitrogens with zero attached hydrogens (tertiary/aromatic N) is 2. The van der Waals surface area contributed by atoms with Crippen molar-refractivity contribution in [3.63, 3.8) is 0 Å². The van der Waals surface area contributed by atoms with Crippen LogP contribution in [-0.2, 0) is 15.1 Å². The van der Waals surface area contributed by atoms with Crippen LogP contribution in [0.2, 0.25) is 0 Å². The van der Waals surface area contributed by atoms with Crippen LogP contribution in [0.15, 0.2) is 36.4 Å². The molecular weight excluding hydrogens is 320 g/mol. The van der Waals surface area contributed by atoms with Gasteiger partial charge in [0, 0.05) is 17.7 Å². The van der Waals surface area contributed by atoms with Crippen molar-refractivity contribution in [3.05, 3.63) is 36.4 Å². The van der Waals surface area contributed by atoms with Gasteiger partial charge in [0.25, 0.3) is 0 Å². The molecule has 1 atom stereocenters. The highest BCUT2D eigenvalue weighted by Crippen LogP contribution is 2.26. The van der Waals surface area contributed by atoms with E-state index in [0.717, 1.165) is 5.56 Å². The Morgan fingerprint density at radius 3 is 2.40 bits per heavy atom. The molecule has 0 saturated carbocycles. The summed E-state index contributed by atoms with van der Waals surface area (Å²) in [6.45, 7) is 7.24. The molecule has 0 bridgehead atoms. The fourth-order valence-electron chi connectivity index (χ4n) is 2.24. The van der Waals surface area contributed by atoms with E-state index in [1.54, 1.807) is 17.7 Å². The van der Waals surface area contributed by atoms with Gasteiger partial charge in [0.2, 0.25) is 0 Å². The summed E-state index contributed by atoms with van der Waals surface area (Å²) >= 11 is 0. The van der Waals surface area contributed by atoms with Gasteiger partial charge in [-0.25, -0.2) is 4.68 Å². The number of aromatic nitrogens is 2. The third kappa shape index (κ3) is 4.67. The molecule has 0 fully saturated rings. The number of aliphatic hydroxyl groups is 1. The van der Waals surface area contributed by atoms with Gasteiger partial charge in [-0.15, -0.1) is 0 Å². The van der Waals surface area contributed by atoms with Gasteiger partial charge in [0.15, 0.2) is 0 Å². The van der Waals surface area contributed by atoms with E-state index in [-0.39, 0.29) is 12.1 Å². The Labute approximate surface area is 147 Å². The van der Waals surface area contributed by atoms with Crippen molar-refractivity contribution in [2.24, 2.45) is 0 Å². The largest absolute Gasteiger partial charge is 0.394 e. The molecule has 7 nitrogen and oxygen atoms in total. The summed E-state index contributed by atoms with van der Waals surface area (Å²) in [5.41, 5.74) is 1.24. The Morgan fingerprint density at radius 1 is 1.20 bits per heavy atom. The number of hydrogen-bond donors (Lipinski definition) is 3. The molecule has 2 rings (SSSR count). The zero-order valence-corrected chi connectivity index (χ0v) is 14.9. The lowest BCUT2D eigenvalue weighted by atomic mass is 10.1. The van der Waals surface area contributed by atoms with Crippen LogP contribution in [0, 0.1) is 0 Å². The van der Waals surface area contributed by atoms with Crippen molar-refractivity contribution < 1.29 is 14.7 Å². The maximum absolute atomic E-state index is 12.1. The molecule has 0 aliphatic carbocycles. The van der Waals surface area contributed by atoms with E-state index in [1.807, 2.05) is 51.1 Å². The third-order valence-electron chi connectivity index (χ3n) is 3.51. The van der Waals surface area contributed by atoms with E-state index in [0.29, 0.717) is 11.5 Å². The van der Waals surface area contributed by atoms with Crippen LogP contribution in [0.1, 0.15) is 27.7 Å². The summed E-state index contributed by atoms with van der Waals surface area (Å²) in [7, 11) is 0. The quantitative estimate of drug-likeness (QED) is 0.736. The number of amides is 2. The van der Waals surface area contributed by atoms with E-state index in [4.69, 9.17) is 5.11 Å². The lowest BCUT2D eigenvalue weighted by Crippen LogP contribution is -2.42. The van der Waals surface area contributed by atoms with Crippen molar-refractivity contribution in [3.8, 4) is 11.3 Å². The Hall–Kier alpha value is -2.67. The Kier molecular flexibility index (Phi) is 5.58. The molecule has 134 valence electrons. The summed E-state index contributed by atoms with van der Waals surface area (Å²) in [4.78, 5) is 24.0. The predicted molar refractivity (Wildman–Crippen MR) is 96.0 cm³/mol. The fraction of sp³-hybridized carbons (Fsp3) is 0.389. The van der Waals surface area contributed by atoms with Crippen LogP contribution < -0.4 is 10.6 Å². The first-order chi connectivity index (χ1) is 11.7. The molecule has 0 aliphatic rings. The summed E-state index contributed by atoms with van der Waals surface area (Å²) in [5, 5.41) is 18.6. The minimum atomic E-state index is -0.801. The van der Waals surface area contributed by atoms with Gasteiger partial charge in [0.05, 0.1) is 17.8 Å². The molecule has 3 N–H and O–H groups in total. The molecule has 2 amide bonds. The smallest absolute Gasteiger partial charge is 0.314 e. The first kappa shape index (κ1) is 18.7. The fourth-order valence-corrected chi connectivity index (χ4v) is 2.24. The van der Waals surface area contributed by atoms with Gasteiger partial charge >= 0.3 is 11.8 Å². The number of rotatable bonds is 4. The van der Waals surface area contributed by atoms with Gasteiger partial charge in [0.1, 0.15) is 5.82 Å². The number of benzene rings is 1. The summed E-state index contributed by atoms with van der Waals surface area (Å²) in [6, 6.07) is 10.8. The van der Waals surface area contributed by atoms with Crippen LogP contribution in [-0.4, -0.2) is 39.4 Å². The summed E-state index contributed by atoms with van der Waals surface area (Å²) in [5.74, 6) is -1.17. The second kappa shape index (κ2) is 7.48. The average Bonchev–Trinajstić information content (AvgIpc) is 2.99. The van der Waals surface area contributed by atoms with Crippen LogP contribution in [0.3, 0.4) is 0 Å². The van der Waals surface area contributed by atoms with Gasteiger partial charge in [-0.1, -0.05) is 30.3 Å². The normalized spacial score (nSPS) is 12.5. The monoisotopic (exact) mass is 344 g/mol. The number of anilines is 1. The molecule has 0 spiro atoms. The Balaban J connectivity index is 2.29. The van der Waals surface area contributed by atoms with Crippen molar-refractivity contribution in [1.82, 2.24) is 15.1 Å². The highest BCUT2D eigenvalue weighted by Gasteiger charge is 2.24. The number of carbonyl (C=O) groups excluding carboxylic acids is 2. The van der Waals surface area contributed by atoms with E-state index >= 15 is 0 Å². The zero-order chi connectivity index (χ0) is 18.6. The van der Waals surface area contributed by atoms with Crippen molar-refractivity contribution in [2.75, 3.05) is 11.9 Å². The topological polar surface area (TPSA) is 96.2 Å². The molecule has 0 saturated heterocycles. The molecule has 2 aromatic rings. The number of hydrogen-bond acceptors (Lipinski definition) is 4. The van der Waals surface area contributed by atoms with Gasteiger partial charge in [-0.3, -0.25) is 9.59 Å². The van der Waals surface area contributed by atoms with Crippen molar-refractivity contribution >= 4 is 17.6 Å². The lowest BCUT2D eigenvalue weighted by molar-refractivity contribution is -0.136. The summed E-state index contributed by atoms with van der Waals surface area (Å²) < 4.78 is 1.68. The first-order valence-electron chi connectivity index (χ1n) is 8.11. The van der Waals surface area contributed by atoms with Crippen LogP contribution in [0.4, 0.5) is 5.82 Å². The second-order valence-corrected chi connectivity index (χ2v) is 6.87. The molecule has 0 radical (unpaired) electrons. The average molecular weight is 344 g/mol. The molecule has 1 aromatic heterocycles. The van der Waals surface area contributed by atoms with Gasteiger partial charge < -0.3 is 15.7 Å². The standard InChI is InChI=1S/C18H24N4O3/c1-12(11-23)19-16(24)17(25)20-15-10-14(13-8-6-5-7-9-13)21-22(15)18(2,3)4/h5-10,12,23H,11H2,1-4H3,(H,19,24)(H,20,25)/t12-/m1/s1. The Morgan fingerprint density at radius 2 is 1.84 bits per heavy atom. The first-order valence-corrected chi connectivity index (χ1v) is 8.11. The number of aliphatic hydroxyl groups excluding tert-OH is 1. The molecule has 1 aromatic carbocycles. The summed E-state index contributed by atoms with van der Waals surface area (Å²) in [6.07, 6.45) is 0. The molecule has 25 heavy (non-hydrogen) atoms. The van der Waals surface area contributed by atoms with E-state index < -0.39 is 17.9 Å². The minimum Gasteiger partial charge on any atom is -0.394 e. The predicted octanol–water partition coefficient (Wildman–Crippen LogP) is 1.74. The van der Waals surface area contributed by atoms with E-state index in [1.165, 1.54) is 0 Å². The highest BCUT2D eigenvalue weighted by molar-refractivity contribution is 6.39. The van der Waals surface area contributed by atoms with Gasteiger partial charge in [-0.2, -0.15) is 5.10 Å². The SMILES string of the molecule is C[C@H](CO)NC(=O)C(=O)Nc1cc(-c2ccccc2)nn1C(C)(C)C. The van der Waals surface area contributed by atoms with E-state index in [9.17, 15) is 9.59 Å². The van der Waals surface area contributed by atoms with Crippen molar-refractivity contribution in [1.29, 1.82) is 0 Å². The van der Waals surface area contributed by atoms with E-state index in [2.05, 4.69) is 15.7 Å². The number of carbonyl (C=O) groups is 2. The molecule has 0 unspecified atom stereocenters. The lowest BCUT2D eigenvalue weighted by Gasteiger charge is -2.22.